The lowest BCUT2D eigenvalue weighted by Gasteiger charge is -2.19. The molecule has 30 heavy (non-hydrogen) atoms. The Morgan fingerprint density at radius 2 is 2.13 bits per heavy atom. The number of nitrogens with one attached hydrogen (secondary N) is 1. The van der Waals surface area contributed by atoms with Crippen molar-refractivity contribution in [3.63, 3.8) is 0 Å². The lowest BCUT2D eigenvalue weighted by atomic mass is 10.1. The maximum atomic E-state index is 11.9. The van der Waals surface area contributed by atoms with Crippen LogP contribution in [0.15, 0.2) is 18.3 Å². The van der Waals surface area contributed by atoms with Crippen molar-refractivity contribution < 1.29 is 24.9 Å². The third kappa shape index (κ3) is 4.44. The van der Waals surface area contributed by atoms with Crippen molar-refractivity contribution in [2.75, 3.05) is 24.8 Å². The van der Waals surface area contributed by atoms with E-state index in [9.17, 15) is 20.1 Å². The Morgan fingerprint density at radius 3 is 2.80 bits per heavy atom. The highest BCUT2D eigenvalue weighted by Gasteiger charge is 2.41. The average Bonchev–Trinajstić information content (AvgIpc) is 3.00. The molecule has 0 aromatic carbocycles. The molecule has 0 bridgehead atoms. The standard InChI is InChI=1S/C19H20ClN5O5/c1-30-18(29)13-9(3-2-6-22-13)4-5-11-16(20)24-19(21)25-17(11)23-12-7-10(8-26)14(27)15(12)28/h2-3,6,10,12,14-15,26-28H,7-8H2,1H3,(H3,21,23,24,25). The highest BCUT2D eigenvalue weighted by molar-refractivity contribution is 6.31. The number of aliphatic hydroxyl groups excluding tert-OH is 3. The molecule has 0 saturated heterocycles. The number of hydrogen-bond acceptors (Lipinski definition) is 10. The van der Waals surface area contributed by atoms with Gasteiger partial charge in [-0.05, 0) is 18.6 Å². The molecule has 6 N–H and O–H groups in total. The Balaban J connectivity index is 1.97. The van der Waals surface area contributed by atoms with Crippen LogP contribution in [0.3, 0.4) is 0 Å². The minimum Gasteiger partial charge on any atom is -0.464 e. The average molecular weight is 434 g/mol. The van der Waals surface area contributed by atoms with Crippen molar-refractivity contribution in [1.29, 1.82) is 0 Å². The van der Waals surface area contributed by atoms with E-state index in [4.69, 9.17) is 22.1 Å². The second-order valence-corrected chi connectivity index (χ2v) is 7.01. The summed E-state index contributed by atoms with van der Waals surface area (Å²) in [5.41, 5.74) is 6.21. The molecule has 0 radical (unpaired) electrons. The summed E-state index contributed by atoms with van der Waals surface area (Å²) in [5.74, 6) is 4.51. The molecule has 2 heterocycles. The SMILES string of the molecule is COC(=O)c1ncccc1C#Cc1c(Cl)nc(N)nc1NC1CC(CO)C(O)C1O. The quantitative estimate of drug-likeness (QED) is 0.248. The van der Waals surface area contributed by atoms with Crippen LogP contribution in [0.1, 0.15) is 28.0 Å². The van der Waals surface area contributed by atoms with Gasteiger partial charge < -0.3 is 31.1 Å². The van der Waals surface area contributed by atoms with E-state index in [-0.39, 0.29) is 34.8 Å². The summed E-state index contributed by atoms with van der Waals surface area (Å²) in [6.07, 6.45) is -0.493. The summed E-state index contributed by atoms with van der Waals surface area (Å²) in [6, 6.07) is 2.59. The normalized spacial score (nSPS) is 22.8. The van der Waals surface area contributed by atoms with Crippen molar-refractivity contribution >= 4 is 29.3 Å². The predicted molar refractivity (Wildman–Crippen MR) is 108 cm³/mol. The topological polar surface area (TPSA) is 164 Å². The molecule has 0 spiro atoms. The number of pyridine rings is 1. The number of methoxy groups -OCH3 is 1. The number of carbonyl (C=O) groups is 1. The number of rotatable bonds is 4. The predicted octanol–water partition coefficient (Wildman–Crippen LogP) is -0.192. The minimum absolute atomic E-state index is 0.0345. The first-order chi connectivity index (χ1) is 14.3. The summed E-state index contributed by atoms with van der Waals surface area (Å²) < 4.78 is 4.70. The van der Waals surface area contributed by atoms with Gasteiger partial charge in [-0.2, -0.15) is 9.97 Å². The number of aliphatic hydroxyl groups is 3. The fraction of sp³-hybridized carbons (Fsp3) is 0.368. The van der Waals surface area contributed by atoms with E-state index >= 15 is 0 Å². The van der Waals surface area contributed by atoms with Gasteiger partial charge in [0.15, 0.2) is 10.8 Å². The molecule has 2 aromatic heterocycles. The van der Waals surface area contributed by atoms with Crippen molar-refractivity contribution in [3.05, 3.63) is 40.3 Å². The van der Waals surface area contributed by atoms with Gasteiger partial charge in [-0.1, -0.05) is 23.4 Å². The number of anilines is 2. The molecule has 11 heteroatoms. The molecule has 4 atom stereocenters. The Labute approximate surface area is 177 Å². The third-order valence-electron chi connectivity index (χ3n) is 4.75. The maximum absolute atomic E-state index is 11.9. The number of nitrogen functional groups attached to an aromatic ring is 1. The fourth-order valence-electron chi connectivity index (χ4n) is 3.18. The lowest BCUT2D eigenvalue weighted by Crippen LogP contribution is -2.35. The summed E-state index contributed by atoms with van der Waals surface area (Å²) >= 11 is 6.20. The minimum atomic E-state index is -1.14. The number of ether oxygens (including phenoxy) is 1. The van der Waals surface area contributed by atoms with Gasteiger partial charge in [0.2, 0.25) is 5.95 Å². The highest BCUT2D eigenvalue weighted by atomic mass is 35.5. The molecular weight excluding hydrogens is 414 g/mol. The zero-order valence-electron chi connectivity index (χ0n) is 15.9. The molecule has 1 fully saturated rings. The van der Waals surface area contributed by atoms with Gasteiger partial charge in [-0.3, -0.25) is 0 Å². The van der Waals surface area contributed by atoms with Gasteiger partial charge >= 0.3 is 5.97 Å². The van der Waals surface area contributed by atoms with Crippen molar-refractivity contribution in [3.8, 4) is 11.8 Å². The molecule has 158 valence electrons. The molecule has 1 aliphatic carbocycles. The first kappa shape index (κ1) is 21.7. The number of carbonyl (C=O) groups excluding carboxylic acids is 1. The summed E-state index contributed by atoms with van der Waals surface area (Å²) in [7, 11) is 1.24. The number of esters is 1. The van der Waals surface area contributed by atoms with Crippen LogP contribution in [0.4, 0.5) is 11.8 Å². The number of halogens is 1. The number of hydrogen-bond donors (Lipinski definition) is 5. The van der Waals surface area contributed by atoms with Crippen molar-refractivity contribution in [2.45, 2.75) is 24.7 Å². The monoisotopic (exact) mass is 433 g/mol. The van der Waals surface area contributed by atoms with Crippen LogP contribution in [0.25, 0.3) is 0 Å². The zero-order valence-corrected chi connectivity index (χ0v) is 16.7. The molecular formula is C19H20ClN5O5. The van der Waals surface area contributed by atoms with E-state index in [1.807, 2.05) is 0 Å². The lowest BCUT2D eigenvalue weighted by molar-refractivity contribution is 0.00445. The maximum Gasteiger partial charge on any atom is 0.357 e. The van der Waals surface area contributed by atoms with Crippen molar-refractivity contribution in [1.82, 2.24) is 15.0 Å². The van der Waals surface area contributed by atoms with Gasteiger partial charge in [0, 0.05) is 18.7 Å². The summed E-state index contributed by atoms with van der Waals surface area (Å²) in [5, 5.41) is 32.6. The van der Waals surface area contributed by atoms with Crippen LogP contribution in [0.5, 0.6) is 0 Å². The first-order valence-electron chi connectivity index (χ1n) is 8.97. The van der Waals surface area contributed by atoms with Crippen LogP contribution in [-0.2, 0) is 4.74 Å². The molecule has 10 nitrogen and oxygen atoms in total. The largest absolute Gasteiger partial charge is 0.464 e. The van der Waals surface area contributed by atoms with Gasteiger partial charge in [-0.15, -0.1) is 0 Å². The second-order valence-electron chi connectivity index (χ2n) is 6.65. The van der Waals surface area contributed by atoms with E-state index < -0.39 is 30.1 Å². The molecule has 3 rings (SSSR count). The third-order valence-corrected chi connectivity index (χ3v) is 5.02. The number of nitrogens with zero attached hydrogens (tertiary/aromatic N) is 3. The smallest absolute Gasteiger partial charge is 0.357 e. The molecule has 4 unspecified atom stereocenters. The molecule has 2 aromatic rings. The van der Waals surface area contributed by atoms with E-state index in [1.54, 1.807) is 12.1 Å². The van der Waals surface area contributed by atoms with Crippen LogP contribution < -0.4 is 11.1 Å². The van der Waals surface area contributed by atoms with Crippen LogP contribution in [0.2, 0.25) is 5.15 Å². The van der Waals surface area contributed by atoms with Crippen LogP contribution in [-0.4, -0.2) is 68.2 Å². The first-order valence-corrected chi connectivity index (χ1v) is 9.35. The van der Waals surface area contributed by atoms with Gasteiger partial charge in [0.1, 0.15) is 17.5 Å². The Kier molecular flexibility index (Phi) is 6.69. The van der Waals surface area contributed by atoms with Crippen LogP contribution in [0, 0.1) is 17.8 Å². The Morgan fingerprint density at radius 1 is 1.37 bits per heavy atom. The second kappa shape index (κ2) is 9.23. The summed E-state index contributed by atoms with van der Waals surface area (Å²) in [6.45, 7) is -0.271. The molecule has 1 saturated carbocycles. The van der Waals surface area contributed by atoms with Crippen LogP contribution >= 0.6 is 11.6 Å². The van der Waals surface area contributed by atoms with E-state index in [0.717, 1.165) is 0 Å². The molecule has 0 aliphatic heterocycles. The molecule has 1 aliphatic rings. The van der Waals surface area contributed by atoms with Crippen molar-refractivity contribution in [2.24, 2.45) is 5.92 Å². The highest BCUT2D eigenvalue weighted by Crippen LogP contribution is 2.30. The number of aromatic nitrogens is 3. The van der Waals surface area contributed by atoms with E-state index in [1.165, 1.54) is 13.3 Å². The zero-order chi connectivity index (χ0) is 21.8. The molecule has 0 amide bonds. The van der Waals surface area contributed by atoms with Gasteiger partial charge in [0.05, 0.1) is 24.8 Å². The summed E-state index contributed by atoms with van der Waals surface area (Å²) in [4.78, 5) is 23.8. The van der Waals surface area contributed by atoms with E-state index in [2.05, 4.69) is 32.1 Å². The Bertz CT molecular complexity index is 1010. The van der Waals surface area contributed by atoms with Gasteiger partial charge in [0.25, 0.3) is 0 Å². The number of nitrogens with two attached hydrogens (primary N) is 1. The van der Waals surface area contributed by atoms with E-state index in [0.29, 0.717) is 12.0 Å². The Hall–Kier alpha value is -2.97. The fourth-order valence-corrected chi connectivity index (χ4v) is 3.41. The van der Waals surface area contributed by atoms with Gasteiger partial charge in [-0.25, -0.2) is 9.78 Å².